The molecule has 1 aliphatic rings. The van der Waals surface area contributed by atoms with Gasteiger partial charge in [-0.25, -0.2) is 4.90 Å². The molecular formula is C17H14N2O4. The normalized spacial score (nSPS) is 13.0. The van der Waals surface area contributed by atoms with Crippen molar-refractivity contribution in [3.63, 3.8) is 0 Å². The van der Waals surface area contributed by atoms with E-state index in [1.54, 1.807) is 42.5 Å². The molecule has 0 spiro atoms. The molecular weight excluding hydrogens is 296 g/mol. The lowest BCUT2D eigenvalue weighted by Gasteiger charge is -2.19. The number of fused-ring (bicyclic) bond motifs is 1. The number of nitrogens with one attached hydrogen (secondary N) is 1. The number of hydrogen-bond acceptors (Lipinski definition) is 4. The van der Waals surface area contributed by atoms with Crippen molar-refractivity contribution in [2.24, 2.45) is 0 Å². The molecule has 0 saturated carbocycles. The van der Waals surface area contributed by atoms with Crippen molar-refractivity contribution < 1.29 is 19.1 Å². The smallest absolute Gasteiger partial charge is 0.266 e. The second-order valence-electron chi connectivity index (χ2n) is 5.06. The first kappa shape index (κ1) is 14.8. The highest BCUT2D eigenvalue weighted by Gasteiger charge is 2.37. The van der Waals surface area contributed by atoms with E-state index in [0.717, 1.165) is 4.90 Å². The largest absolute Gasteiger partial charge is 0.497 e. The SMILES string of the molecule is COc1ccc(NC(C)=O)c(N2C(=O)c3ccccc3C2=O)c1. The van der Waals surface area contributed by atoms with Crippen LogP contribution in [0.1, 0.15) is 27.6 Å². The van der Waals surface area contributed by atoms with Crippen LogP contribution in [0.25, 0.3) is 0 Å². The van der Waals surface area contributed by atoms with E-state index >= 15 is 0 Å². The molecule has 1 aliphatic heterocycles. The third-order valence-electron chi connectivity index (χ3n) is 3.55. The Morgan fingerprint density at radius 1 is 1.04 bits per heavy atom. The number of nitrogens with zero attached hydrogens (tertiary/aromatic N) is 1. The minimum absolute atomic E-state index is 0.283. The number of imide groups is 1. The van der Waals surface area contributed by atoms with Gasteiger partial charge in [-0.2, -0.15) is 0 Å². The molecule has 2 aromatic rings. The summed E-state index contributed by atoms with van der Waals surface area (Å²) in [7, 11) is 1.49. The van der Waals surface area contributed by atoms with Crippen molar-refractivity contribution in [1.82, 2.24) is 0 Å². The summed E-state index contributed by atoms with van der Waals surface area (Å²) in [6.07, 6.45) is 0. The van der Waals surface area contributed by atoms with Crippen molar-refractivity contribution in [3.05, 3.63) is 53.6 Å². The van der Waals surface area contributed by atoms with Gasteiger partial charge in [-0.05, 0) is 24.3 Å². The van der Waals surface area contributed by atoms with Gasteiger partial charge in [0, 0.05) is 13.0 Å². The number of ether oxygens (including phenoxy) is 1. The van der Waals surface area contributed by atoms with Crippen molar-refractivity contribution in [2.45, 2.75) is 6.92 Å². The molecule has 0 fully saturated rings. The molecule has 0 atom stereocenters. The van der Waals surface area contributed by atoms with Crippen molar-refractivity contribution in [3.8, 4) is 5.75 Å². The van der Waals surface area contributed by atoms with Crippen molar-refractivity contribution in [2.75, 3.05) is 17.3 Å². The molecule has 0 radical (unpaired) electrons. The summed E-state index contributed by atoms with van der Waals surface area (Å²) in [5, 5.41) is 2.63. The Balaban J connectivity index is 2.13. The number of carbonyl (C=O) groups is 3. The van der Waals surface area contributed by atoms with Crippen LogP contribution in [0, 0.1) is 0 Å². The average Bonchev–Trinajstić information content (AvgIpc) is 2.79. The fourth-order valence-electron chi connectivity index (χ4n) is 2.53. The second-order valence-corrected chi connectivity index (χ2v) is 5.06. The summed E-state index contributed by atoms with van der Waals surface area (Å²) in [5.41, 5.74) is 1.33. The van der Waals surface area contributed by atoms with Crippen LogP contribution in [-0.2, 0) is 4.79 Å². The highest BCUT2D eigenvalue weighted by molar-refractivity contribution is 6.35. The van der Waals surface area contributed by atoms with Crippen LogP contribution < -0.4 is 15.0 Å². The molecule has 1 heterocycles. The summed E-state index contributed by atoms with van der Waals surface area (Å²) in [6.45, 7) is 1.36. The minimum Gasteiger partial charge on any atom is -0.497 e. The lowest BCUT2D eigenvalue weighted by atomic mass is 10.1. The third-order valence-corrected chi connectivity index (χ3v) is 3.55. The number of hydrogen-bond donors (Lipinski definition) is 1. The number of amides is 3. The van der Waals surface area contributed by atoms with Gasteiger partial charge in [0.05, 0.1) is 29.6 Å². The van der Waals surface area contributed by atoms with Gasteiger partial charge < -0.3 is 10.1 Å². The predicted octanol–water partition coefficient (Wildman–Crippen LogP) is 2.45. The molecule has 0 bridgehead atoms. The highest BCUT2D eigenvalue weighted by Crippen LogP contribution is 2.36. The van der Waals surface area contributed by atoms with Crippen molar-refractivity contribution in [1.29, 1.82) is 0 Å². The Labute approximate surface area is 132 Å². The third kappa shape index (κ3) is 2.44. The first-order chi connectivity index (χ1) is 11.0. The van der Waals surface area contributed by atoms with E-state index in [1.165, 1.54) is 14.0 Å². The van der Waals surface area contributed by atoms with Gasteiger partial charge in [-0.1, -0.05) is 12.1 Å². The van der Waals surface area contributed by atoms with Crippen molar-refractivity contribution >= 4 is 29.1 Å². The van der Waals surface area contributed by atoms with Gasteiger partial charge in [-0.15, -0.1) is 0 Å². The van der Waals surface area contributed by atoms with E-state index in [1.807, 2.05) is 0 Å². The van der Waals surface area contributed by atoms with Gasteiger partial charge in [0.25, 0.3) is 11.8 Å². The van der Waals surface area contributed by atoms with E-state index in [0.29, 0.717) is 22.6 Å². The molecule has 3 amide bonds. The zero-order chi connectivity index (χ0) is 16.6. The molecule has 0 aromatic heterocycles. The van der Waals surface area contributed by atoms with Crippen LogP contribution in [0.15, 0.2) is 42.5 Å². The summed E-state index contributed by atoms with van der Waals surface area (Å²) >= 11 is 0. The Morgan fingerprint density at radius 2 is 1.65 bits per heavy atom. The molecule has 23 heavy (non-hydrogen) atoms. The Morgan fingerprint density at radius 3 is 2.17 bits per heavy atom. The van der Waals surface area contributed by atoms with Crippen LogP contribution in [0.3, 0.4) is 0 Å². The second kappa shape index (κ2) is 5.57. The van der Waals surface area contributed by atoms with Gasteiger partial charge in [0.1, 0.15) is 5.75 Å². The van der Waals surface area contributed by atoms with Gasteiger partial charge in [0.2, 0.25) is 5.91 Å². The topological polar surface area (TPSA) is 75.7 Å². The fourth-order valence-corrected chi connectivity index (χ4v) is 2.53. The molecule has 116 valence electrons. The lowest BCUT2D eigenvalue weighted by Crippen LogP contribution is -2.30. The van der Waals surface area contributed by atoms with Crippen LogP contribution >= 0.6 is 0 Å². The van der Waals surface area contributed by atoms with E-state index in [-0.39, 0.29) is 11.6 Å². The van der Waals surface area contributed by atoms with Crippen LogP contribution in [0.4, 0.5) is 11.4 Å². The first-order valence-electron chi connectivity index (χ1n) is 6.96. The zero-order valence-corrected chi connectivity index (χ0v) is 12.6. The van der Waals surface area contributed by atoms with E-state index in [9.17, 15) is 14.4 Å². The number of anilines is 2. The maximum absolute atomic E-state index is 12.6. The maximum Gasteiger partial charge on any atom is 0.266 e. The standard InChI is InChI=1S/C17H14N2O4/c1-10(20)18-14-8-7-11(23-2)9-15(14)19-16(21)12-5-3-4-6-13(12)17(19)22/h3-9H,1-2H3,(H,18,20). The van der Waals surface area contributed by atoms with Gasteiger partial charge >= 0.3 is 0 Å². The zero-order valence-electron chi connectivity index (χ0n) is 12.6. The first-order valence-corrected chi connectivity index (χ1v) is 6.96. The fraction of sp³-hybridized carbons (Fsp3) is 0.118. The van der Waals surface area contributed by atoms with E-state index in [2.05, 4.69) is 5.32 Å². The molecule has 0 saturated heterocycles. The molecule has 0 aliphatic carbocycles. The van der Waals surface area contributed by atoms with E-state index in [4.69, 9.17) is 4.74 Å². The minimum atomic E-state index is -0.426. The molecule has 1 N–H and O–H groups in total. The predicted molar refractivity (Wildman–Crippen MR) is 84.9 cm³/mol. The quantitative estimate of drug-likeness (QED) is 0.884. The summed E-state index contributed by atoms with van der Waals surface area (Å²) < 4.78 is 5.16. The average molecular weight is 310 g/mol. The van der Waals surface area contributed by atoms with Gasteiger partial charge in [0.15, 0.2) is 0 Å². The van der Waals surface area contributed by atoms with Crippen LogP contribution in [-0.4, -0.2) is 24.8 Å². The van der Waals surface area contributed by atoms with Crippen LogP contribution in [0.5, 0.6) is 5.75 Å². The molecule has 6 nitrogen and oxygen atoms in total. The summed E-state index contributed by atoms with van der Waals surface area (Å²) in [4.78, 5) is 37.6. The number of carbonyl (C=O) groups excluding carboxylic acids is 3. The van der Waals surface area contributed by atoms with E-state index < -0.39 is 11.8 Å². The maximum atomic E-state index is 12.6. The Hall–Kier alpha value is -3.15. The van der Waals surface area contributed by atoms with Gasteiger partial charge in [-0.3, -0.25) is 14.4 Å². The molecule has 6 heteroatoms. The highest BCUT2D eigenvalue weighted by atomic mass is 16.5. The molecule has 2 aromatic carbocycles. The lowest BCUT2D eigenvalue weighted by molar-refractivity contribution is -0.114. The summed E-state index contributed by atoms with van der Waals surface area (Å²) in [5.74, 6) is -0.672. The number of benzene rings is 2. The number of rotatable bonds is 3. The molecule has 3 rings (SSSR count). The Kier molecular flexibility index (Phi) is 3.57. The Bertz CT molecular complexity index is 794. The number of methoxy groups -OCH3 is 1. The molecule has 0 unspecified atom stereocenters. The summed E-state index contributed by atoms with van der Waals surface area (Å²) in [6, 6.07) is 11.4. The van der Waals surface area contributed by atoms with Crippen LogP contribution in [0.2, 0.25) is 0 Å². The monoisotopic (exact) mass is 310 g/mol.